The number of nitrogens with zero attached hydrogens (tertiary/aromatic N) is 3. The normalized spacial score (nSPS) is 21.8. The predicted molar refractivity (Wildman–Crippen MR) is 131 cm³/mol. The molecule has 1 aromatic carbocycles. The molecule has 1 N–H and O–H groups in total. The summed E-state index contributed by atoms with van der Waals surface area (Å²) in [5, 5.41) is 6.89. The second-order valence-corrected chi connectivity index (χ2v) is 11.5. The number of ether oxygens (including phenoxy) is 2. The van der Waals surface area contributed by atoms with Gasteiger partial charge in [-0.2, -0.15) is 18.2 Å². The molecule has 2 fully saturated rings. The first-order valence-corrected chi connectivity index (χ1v) is 13.7. The first kappa shape index (κ1) is 27.7. The Morgan fingerprint density at radius 2 is 2.05 bits per heavy atom. The Bertz CT molecular complexity index is 1280. The first-order chi connectivity index (χ1) is 17.5. The SMILES string of the molecule is Cc1ccc(OC(F)F)c(S(=O)(=O)N2CCC(n3ncc(NC[C@@]4(F)CCCOC4)c(Cl)c3=O)CC2)c1. The van der Waals surface area contributed by atoms with Crippen molar-refractivity contribution in [1.29, 1.82) is 0 Å². The highest BCUT2D eigenvalue weighted by molar-refractivity contribution is 7.89. The van der Waals surface area contributed by atoms with Gasteiger partial charge in [0.15, 0.2) is 5.67 Å². The number of anilines is 1. The maximum Gasteiger partial charge on any atom is 0.387 e. The van der Waals surface area contributed by atoms with Crippen LogP contribution >= 0.6 is 11.6 Å². The summed E-state index contributed by atoms with van der Waals surface area (Å²) in [4.78, 5) is 12.6. The van der Waals surface area contributed by atoms with E-state index in [1.165, 1.54) is 33.4 Å². The lowest BCUT2D eigenvalue weighted by Crippen LogP contribution is -2.42. The molecule has 37 heavy (non-hydrogen) atoms. The van der Waals surface area contributed by atoms with Crippen LogP contribution in [0, 0.1) is 6.92 Å². The van der Waals surface area contributed by atoms with Gasteiger partial charge in [-0.1, -0.05) is 17.7 Å². The summed E-state index contributed by atoms with van der Waals surface area (Å²) in [5.41, 5.74) is -1.36. The number of alkyl halides is 3. The molecule has 0 bridgehead atoms. The van der Waals surface area contributed by atoms with E-state index < -0.39 is 39.7 Å². The fraction of sp³-hybridized carbons (Fsp3) is 0.565. The number of benzene rings is 1. The molecule has 3 heterocycles. The van der Waals surface area contributed by atoms with E-state index in [9.17, 15) is 26.4 Å². The van der Waals surface area contributed by atoms with Crippen molar-refractivity contribution >= 4 is 27.3 Å². The zero-order chi connectivity index (χ0) is 26.8. The Morgan fingerprint density at radius 3 is 2.70 bits per heavy atom. The summed E-state index contributed by atoms with van der Waals surface area (Å²) in [7, 11) is -4.13. The van der Waals surface area contributed by atoms with Crippen molar-refractivity contribution in [3.05, 3.63) is 45.3 Å². The van der Waals surface area contributed by atoms with E-state index >= 15 is 0 Å². The molecule has 0 saturated carbocycles. The number of nitrogens with one attached hydrogen (secondary N) is 1. The molecule has 0 amide bonds. The van der Waals surface area contributed by atoms with Crippen LogP contribution in [0.3, 0.4) is 0 Å². The third-order valence-corrected chi connectivity index (χ3v) is 8.80. The van der Waals surface area contributed by atoms with Crippen LogP contribution in [0.1, 0.15) is 37.3 Å². The van der Waals surface area contributed by atoms with Gasteiger partial charge in [0.2, 0.25) is 10.0 Å². The number of piperidine rings is 1. The average molecular weight is 565 g/mol. The van der Waals surface area contributed by atoms with E-state index in [-0.39, 0.29) is 54.7 Å². The number of halogens is 4. The van der Waals surface area contributed by atoms with E-state index in [1.807, 2.05) is 0 Å². The van der Waals surface area contributed by atoms with Crippen LogP contribution in [-0.2, 0) is 14.8 Å². The highest BCUT2D eigenvalue weighted by atomic mass is 35.5. The van der Waals surface area contributed by atoms with Crippen LogP contribution in [0.2, 0.25) is 5.02 Å². The minimum absolute atomic E-state index is 0.0329. The van der Waals surface area contributed by atoms with Gasteiger partial charge < -0.3 is 14.8 Å². The standard InChI is InChI=1S/C23H28ClF3N4O5S/c1-15-3-4-18(36-22(25)26)19(11-15)37(33,34)30-8-5-16(6-9-30)31-21(32)20(24)17(12-29-31)28-13-23(27)7-2-10-35-14-23/h3-4,11-12,16,22,28H,2,5-10,13-14H2,1H3/t23-/m0/s1. The minimum atomic E-state index is -4.13. The molecule has 0 aliphatic carbocycles. The monoisotopic (exact) mass is 564 g/mol. The van der Waals surface area contributed by atoms with Crippen molar-refractivity contribution in [2.24, 2.45) is 0 Å². The van der Waals surface area contributed by atoms with Gasteiger partial charge >= 0.3 is 6.61 Å². The summed E-state index contributed by atoms with van der Waals surface area (Å²) in [5.74, 6) is -0.426. The quantitative estimate of drug-likeness (QED) is 0.521. The van der Waals surface area contributed by atoms with Crippen LogP contribution in [-0.4, -0.2) is 67.6 Å². The summed E-state index contributed by atoms with van der Waals surface area (Å²) in [6.07, 6.45) is 2.78. The number of aryl methyl sites for hydroxylation is 1. The molecule has 4 rings (SSSR count). The van der Waals surface area contributed by atoms with Crippen molar-refractivity contribution in [1.82, 2.24) is 14.1 Å². The largest absolute Gasteiger partial charge is 0.433 e. The predicted octanol–water partition coefficient (Wildman–Crippen LogP) is 3.76. The van der Waals surface area contributed by atoms with Crippen molar-refractivity contribution in [3.63, 3.8) is 0 Å². The van der Waals surface area contributed by atoms with Crippen LogP contribution in [0.15, 0.2) is 34.1 Å². The van der Waals surface area contributed by atoms with Crippen LogP contribution < -0.4 is 15.6 Å². The molecular formula is C23H28ClF3N4O5S. The molecule has 1 atom stereocenters. The van der Waals surface area contributed by atoms with Crippen LogP contribution in [0.5, 0.6) is 5.75 Å². The molecule has 0 unspecified atom stereocenters. The van der Waals surface area contributed by atoms with E-state index in [2.05, 4.69) is 15.2 Å². The van der Waals surface area contributed by atoms with Crippen LogP contribution in [0.25, 0.3) is 0 Å². The van der Waals surface area contributed by atoms with Crippen molar-refractivity contribution in [2.75, 3.05) is 38.2 Å². The van der Waals surface area contributed by atoms with Gasteiger partial charge in [-0.05, 0) is 50.3 Å². The Labute approximate surface area is 217 Å². The van der Waals surface area contributed by atoms with E-state index in [4.69, 9.17) is 16.3 Å². The fourth-order valence-electron chi connectivity index (χ4n) is 4.52. The Kier molecular flexibility index (Phi) is 8.36. The van der Waals surface area contributed by atoms with E-state index in [0.29, 0.717) is 25.0 Å². The molecule has 14 heteroatoms. The Balaban J connectivity index is 1.45. The number of sulfonamides is 1. The van der Waals surface area contributed by atoms with Gasteiger partial charge in [0, 0.05) is 19.7 Å². The van der Waals surface area contributed by atoms with Gasteiger partial charge in [-0.15, -0.1) is 0 Å². The van der Waals surface area contributed by atoms with Crippen molar-refractivity contribution < 1.29 is 31.1 Å². The molecule has 1 aromatic heterocycles. The first-order valence-electron chi connectivity index (χ1n) is 11.8. The molecule has 2 aromatic rings. The van der Waals surface area contributed by atoms with E-state index in [1.54, 1.807) is 6.92 Å². The summed E-state index contributed by atoms with van der Waals surface area (Å²) in [6, 6.07) is 3.55. The van der Waals surface area contributed by atoms with Gasteiger partial charge in [0.05, 0.1) is 31.1 Å². The van der Waals surface area contributed by atoms with Crippen LogP contribution in [0.4, 0.5) is 18.9 Å². The molecule has 0 radical (unpaired) electrons. The fourth-order valence-corrected chi connectivity index (χ4v) is 6.39. The molecule has 2 saturated heterocycles. The zero-order valence-electron chi connectivity index (χ0n) is 20.1. The van der Waals surface area contributed by atoms with Crippen molar-refractivity contribution in [2.45, 2.75) is 55.8 Å². The number of hydrogen-bond acceptors (Lipinski definition) is 7. The van der Waals surface area contributed by atoms with Gasteiger partial charge in [0.1, 0.15) is 15.7 Å². The maximum absolute atomic E-state index is 14.8. The zero-order valence-corrected chi connectivity index (χ0v) is 21.7. The third kappa shape index (κ3) is 6.21. The van der Waals surface area contributed by atoms with Gasteiger partial charge in [-0.3, -0.25) is 4.79 Å². The van der Waals surface area contributed by atoms with E-state index in [0.717, 1.165) is 0 Å². The number of hydrogen-bond donors (Lipinski definition) is 1. The molecule has 2 aliphatic heterocycles. The summed E-state index contributed by atoms with van der Waals surface area (Å²) in [6.45, 7) is -1.06. The summed E-state index contributed by atoms with van der Waals surface area (Å²) < 4.78 is 78.9. The molecule has 204 valence electrons. The van der Waals surface area contributed by atoms with Gasteiger partial charge in [0.25, 0.3) is 5.56 Å². The molecule has 0 spiro atoms. The number of rotatable bonds is 8. The summed E-state index contributed by atoms with van der Waals surface area (Å²) >= 11 is 6.26. The smallest absolute Gasteiger partial charge is 0.387 e. The second-order valence-electron chi connectivity index (χ2n) is 9.25. The lowest BCUT2D eigenvalue weighted by molar-refractivity contribution is -0.0518. The Hall–Kier alpha value is -2.35. The second kappa shape index (κ2) is 11.2. The lowest BCUT2D eigenvalue weighted by Gasteiger charge is -2.32. The topological polar surface area (TPSA) is 103 Å². The average Bonchev–Trinajstić information content (AvgIpc) is 2.86. The number of aromatic nitrogens is 2. The van der Waals surface area contributed by atoms with Crippen molar-refractivity contribution in [3.8, 4) is 5.75 Å². The Morgan fingerprint density at radius 1 is 1.32 bits per heavy atom. The molecular weight excluding hydrogens is 537 g/mol. The highest BCUT2D eigenvalue weighted by Gasteiger charge is 2.35. The molecule has 2 aliphatic rings. The van der Waals surface area contributed by atoms with Gasteiger partial charge in [-0.25, -0.2) is 17.5 Å². The maximum atomic E-state index is 14.8. The lowest BCUT2D eigenvalue weighted by atomic mass is 9.99. The third-order valence-electron chi connectivity index (χ3n) is 6.52. The highest BCUT2D eigenvalue weighted by Crippen LogP contribution is 2.33. The minimum Gasteiger partial charge on any atom is -0.433 e. The molecule has 9 nitrogen and oxygen atoms in total.